The summed E-state index contributed by atoms with van der Waals surface area (Å²) in [6, 6.07) is 2.11. The normalized spacial score (nSPS) is 21.4. The highest BCUT2D eigenvalue weighted by Gasteiger charge is 2.33. The minimum atomic E-state index is -0.694. The molecule has 106 valence electrons. The second-order valence-corrected chi connectivity index (χ2v) is 6.11. The summed E-state index contributed by atoms with van der Waals surface area (Å²) < 4.78 is 0. The van der Waals surface area contributed by atoms with Crippen molar-refractivity contribution >= 4 is 17.5 Å². The summed E-state index contributed by atoms with van der Waals surface area (Å²) >= 11 is 6.09. The second-order valence-electron chi connectivity index (χ2n) is 5.76. The highest BCUT2D eigenvalue weighted by atomic mass is 35.5. The molecule has 1 aromatic rings. The fraction of sp³-hybridized carbons (Fsp3) is 0.533. The van der Waals surface area contributed by atoms with Gasteiger partial charge in [-0.1, -0.05) is 32.4 Å². The van der Waals surface area contributed by atoms with Gasteiger partial charge in [0.25, 0.3) is 5.91 Å². The Morgan fingerprint density at radius 1 is 1.50 bits per heavy atom. The summed E-state index contributed by atoms with van der Waals surface area (Å²) in [5, 5.41) is 9.49. The van der Waals surface area contributed by atoms with Gasteiger partial charge in [0, 0.05) is 5.92 Å². The summed E-state index contributed by atoms with van der Waals surface area (Å²) in [4.78, 5) is 16.0. The van der Waals surface area contributed by atoms with Gasteiger partial charge in [0.15, 0.2) is 0 Å². The standard InChI is InChI=1S/C15H18ClN3O/c1-7(2)9-5-4-8(3)11-10(6-17)12(15(18)20)14(16)19-13(9)11/h7-9H,4-5H2,1-3H3,(H2,18,20)/t8-,9-/m1/s1. The molecule has 0 spiro atoms. The van der Waals surface area contributed by atoms with Crippen molar-refractivity contribution in [2.24, 2.45) is 11.7 Å². The smallest absolute Gasteiger partial charge is 0.253 e. The molecule has 0 fully saturated rings. The van der Waals surface area contributed by atoms with E-state index >= 15 is 0 Å². The molecule has 2 atom stereocenters. The van der Waals surface area contributed by atoms with Gasteiger partial charge >= 0.3 is 0 Å². The Morgan fingerprint density at radius 3 is 2.65 bits per heavy atom. The fourth-order valence-electron chi connectivity index (χ4n) is 3.07. The summed E-state index contributed by atoms with van der Waals surface area (Å²) in [6.45, 7) is 6.32. The lowest BCUT2D eigenvalue weighted by Crippen LogP contribution is -2.24. The average Bonchev–Trinajstić information content (AvgIpc) is 2.36. The molecular weight excluding hydrogens is 274 g/mol. The fourth-order valence-corrected chi connectivity index (χ4v) is 3.35. The quantitative estimate of drug-likeness (QED) is 0.849. The van der Waals surface area contributed by atoms with Crippen LogP contribution in [0.1, 0.15) is 72.6 Å². The van der Waals surface area contributed by atoms with Crippen LogP contribution in [0, 0.1) is 17.2 Å². The van der Waals surface area contributed by atoms with Crippen LogP contribution >= 0.6 is 11.6 Å². The average molecular weight is 292 g/mol. The maximum atomic E-state index is 11.6. The molecule has 0 unspecified atom stereocenters. The van der Waals surface area contributed by atoms with Gasteiger partial charge in [-0.05, 0) is 30.2 Å². The number of nitriles is 1. The number of carbonyl (C=O) groups excluding carboxylic acids is 1. The first-order valence-electron chi connectivity index (χ1n) is 6.81. The Kier molecular flexibility index (Phi) is 4.01. The Bertz CT molecular complexity index is 604. The monoisotopic (exact) mass is 291 g/mol. The molecule has 1 aliphatic carbocycles. The minimum Gasteiger partial charge on any atom is -0.365 e. The molecule has 20 heavy (non-hydrogen) atoms. The number of halogens is 1. The molecule has 4 nitrogen and oxygen atoms in total. The van der Waals surface area contributed by atoms with Crippen molar-refractivity contribution in [3.8, 4) is 6.07 Å². The third-order valence-corrected chi connectivity index (χ3v) is 4.41. The molecule has 0 radical (unpaired) electrons. The first-order valence-corrected chi connectivity index (χ1v) is 7.19. The van der Waals surface area contributed by atoms with Gasteiger partial charge < -0.3 is 5.73 Å². The number of hydrogen-bond donors (Lipinski definition) is 1. The van der Waals surface area contributed by atoms with E-state index in [1.807, 2.05) is 0 Å². The molecule has 0 aromatic carbocycles. The highest BCUT2D eigenvalue weighted by molar-refractivity contribution is 6.33. The maximum Gasteiger partial charge on any atom is 0.253 e. The van der Waals surface area contributed by atoms with E-state index in [1.165, 1.54) is 0 Å². The van der Waals surface area contributed by atoms with E-state index in [0.717, 1.165) is 24.1 Å². The number of primary amides is 1. The molecule has 1 aromatic heterocycles. The van der Waals surface area contributed by atoms with Crippen LogP contribution < -0.4 is 5.73 Å². The summed E-state index contributed by atoms with van der Waals surface area (Å²) in [5.74, 6) is 0.182. The lowest BCUT2D eigenvalue weighted by Gasteiger charge is -2.32. The predicted octanol–water partition coefficient (Wildman–Crippen LogP) is 3.34. The predicted molar refractivity (Wildman–Crippen MR) is 77.7 cm³/mol. The number of nitrogens with two attached hydrogens (primary N) is 1. The number of rotatable bonds is 2. The maximum absolute atomic E-state index is 11.6. The van der Waals surface area contributed by atoms with E-state index in [0.29, 0.717) is 11.5 Å². The Balaban J connectivity index is 2.78. The van der Waals surface area contributed by atoms with Gasteiger partial charge in [0.2, 0.25) is 0 Å². The van der Waals surface area contributed by atoms with Crippen molar-refractivity contribution in [3.63, 3.8) is 0 Å². The Hall–Kier alpha value is -1.60. The van der Waals surface area contributed by atoms with Crippen LogP contribution in [0.4, 0.5) is 0 Å². The van der Waals surface area contributed by atoms with Crippen LogP contribution in [0.25, 0.3) is 0 Å². The molecule has 1 heterocycles. The third kappa shape index (κ3) is 2.27. The van der Waals surface area contributed by atoms with Gasteiger partial charge in [-0.3, -0.25) is 4.79 Å². The molecule has 0 saturated carbocycles. The van der Waals surface area contributed by atoms with Gasteiger partial charge in [0.05, 0.1) is 16.8 Å². The lowest BCUT2D eigenvalue weighted by atomic mass is 9.74. The van der Waals surface area contributed by atoms with Crippen LogP contribution in [0.3, 0.4) is 0 Å². The summed E-state index contributed by atoms with van der Waals surface area (Å²) in [6.07, 6.45) is 2.00. The molecule has 2 rings (SSSR count). The zero-order valence-corrected chi connectivity index (χ0v) is 12.7. The topological polar surface area (TPSA) is 79.8 Å². The van der Waals surface area contributed by atoms with Gasteiger partial charge in [-0.25, -0.2) is 4.98 Å². The van der Waals surface area contributed by atoms with Crippen LogP contribution in [-0.2, 0) is 0 Å². The summed E-state index contributed by atoms with van der Waals surface area (Å²) in [5.41, 5.74) is 7.44. The van der Waals surface area contributed by atoms with Crippen molar-refractivity contribution in [1.29, 1.82) is 5.26 Å². The molecule has 0 aliphatic heterocycles. The highest BCUT2D eigenvalue weighted by Crippen LogP contribution is 2.44. The van der Waals surface area contributed by atoms with Crippen LogP contribution in [0.5, 0.6) is 0 Å². The number of aromatic nitrogens is 1. The van der Waals surface area contributed by atoms with E-state index in [1.54, 1.807) is 0 Å². The van der Waals surface area contributed by atoms with Crippen LogP contribution in [-0.4, -0.2) is 10.9 Å². The van der Waals surface area contributed by atoms with E-state index in [9.17, 15) is 10.1 Å². The number of fused-ring (bicyclic) bond motifs is 1. The number of carbonyl (C=O) groups is 1. The second kappa shape index (κ2) is 5.41. The number of hydrogen-bond acceptors (Lipinski definition) is 3. The molecule has 1 aliphatic rings. The molecule has 5 heteroatoms. The first-order chi connectivity index (χ1) is 9.38. The van der Waals surface area contributed by atoms with Crippen LogP contribution in [0.2, 0.25) is 5.15 Å². The van der Waals surface area contributed by atoms with Gasteiger partial charge in [-0.15, -0.1) is 0 Å². The molecule has 0 bridgehead atoms. The number of nitrogens with zero attached hydrogens (tertiary/aromatic N) is 2. The van der Waals surface area contributed by atoms with Crippen molar-refractivity contribution < 1.29 is 4.79 Å². The van der Waals surface area contributed by atoms with E-state index in [2.05, 4.69) is 31.8 Å². The van der Waals surface area contributed by atoms with Crippen molar-refractivity contribution in [2.75, 3.05) is 0 Å². The molecule has 0 saturated heterocycles. The molecular formula is C15H18ClN3O. The summed E-state index contributed by atoms with van der Waals surface area (Å²) in [7, 11) is 0. The van der Waals surface area contributed by atoms with E-state index < -0.39 is 5.91 Å². The van der Waals surface area contributed by atoms with Crippen molar-refractivity contribution in [1.82, 2.24) is 4.98 Å². The Labute approximate surface area is 123 Å². The largest absolute Gasteiger partial charge is 0.365 e. The third-order valence-electron chi connectivity index (χ3n) is 4.14. The zero-order valence-electron chi connectivity index (χ0n) is 11.9. The minimum absolute atomic E-state index is 0.0487. The van der Waals surface area contributed by atoms with Crippen molar-refractivity contribution in [3.05, 3.63) is 27.5 Å². The van der Waals surface area contributed by atoms with Crippen LogP contribution in [0.15, 0.2) is 0 Å². The van der Waals surface area contributed by atoms with Gasteiger partial charge in [-0.2, -0.15) is 5.26 Å². The molecule has 2 N–H and O–H groups in total. The first kappa shape index (κ1) is 14.8. The van der Waals surface area contributed by atoms with E-state index in [-0.39, 0.29) is 22.6 Å². The molecule has 1 amide bonds. The van der Waals surface area contributed by atoms with E-state index in [4.69, 9.17) is 17.3 Å². The SMILES string of the molecule is CC(C)[C@H]1CC[C@@H](C)c2c1nc(Cl)c(C(N)=O)c2C#N. The number of pyridine rings is 1. The Morgan fingerprint density at radius 2 is 2.15 bits per heavy atom. The van der Waals surface area contributed by atoms with Gasteiger partial charge in [0.1, 0.15) is 11.2 Å². The van der Waals surface area contributed by atoms with Crippen molar-refractivity contribution in [2.45, 2.75) is 45.4 Å². The number of amides is 1. The zero-order chi connectivity index (χ0) is 15.0. The lowest BCUT2D eigenvalue weighted by molar-refractivity contribution is 0.0999.